The average molecular weight is 309 g/mol. The highest BCUT2D eigenvalue weighted by atomic mass is 16.1. The van der Waals surface area contributed by atoms with E-state index in [-0.39, 0.29) is 5.92 Å². The Labute approximate surface area is 137 Å². The maximum absolute atomic E-state index is 11.8. The molecule has 0 bridgehead atoms. The van der Waals surface area contributed by atoms with Crippen molar-refractivity contribution in [1.29, 1.82) is 0 Å². The lowest BCUT2D eigenvalue weighted by Crippen LogP contribution is -2.43. The minimum atomic E-state index is 0.181. The number of carbonyl (C=O) groups excluding carboxylic acids is 1. The van der Waals surface area contributed by atoms with Crippen molar-refractivity contribution >= 4 is 5.78 Å². The Bertz CT molecular complexity index is 337. The molecule has 0 radical (unpaired) electrons. The SMILES string of the molecule is CC(C)C(=O)CN1CCC(CN2CCC(C(C)C)CC2)CC1. The van der Waals surface area contributed by atoms with Gasteiger partial charge in [-0.15, -0.1) is 0 Å². The molecule has 128 valence electrons. The number of rotatable bonds is 6. The fourth-order valence-corrected chi connectivity index (χ4v) is 3.90. The van der Waals surface area contributed by atoms with Crippen LogP contribution in [0.25, 0.3) is 0 Å². The van der Waals surface area contributed by atoms with Gasteiger partial charge in [0.25, 0.3) is 0 Å². The molecule has 0 saturated carbocycles. The summed E-state index contributed by atoms with van der Waals surface area (Å²) < 4.78 is 0. The quantitative estimate of drug-likeness (QED) is 0.752. The van der Waals surface area contributed by atoms with Crippen LogP contribution in [0.4, 0.5) is 0 Å². The first-order valence-electron chi connectivity index (χ1n) is 9.43. The van der Waals surface area contributed by atoms with Gasteiger partial charge in [0.1, 0.15) is 5.78 Å². The maximum Gasteiger partial charge on any atom is 0.149 e. The second kappa shape index (κ2) is 8.44. The molecule has 2 fully saturated rings. The van der Waals surface area contributed by atoms with Crippen molar-refractivity contribution in [2.75, 3.05) is 39.3 Å². The van der Waals surface area contributed by atoms with Crippen LogP contribution in [0.1, 0.15) is 53.4 Å². The largest absolute Gasteiger partial charge is 0.303 e. The molecule has 0 aliphatic carbocycles. The van der Waals surface area contributed by atoms with Crippen LogP contribution in [0.15, 0.2) is 0 Å². The highest BCUT2D eigenvalue weighted by molar-refractivity contribution is 5.82. The van der Waals surface area contributed by atoms with Crippen LogP contribution in [-0.4, -0.2) is 54.9 Å². The Morgan fingerprint density at radius 2 is 1.45 bits per heavy atom. The van der Waals surface area contributed by atoms with E-state index >= 15 is 0 Å². The van der Waals surface area contributed by atoms with Crippen LogP contribution in [-0.2, 0) is 4.79 Å². The third kappa shape index (κ3) is 5.34. The number of piperidine rings is 2. The van der Waals surface area contributed by atoms with E-state index in [1.807, 2.05) is 13.8 Å². The molecule has 0 aromatic heterocycles. The molecule has 0 amide bonds. The fourth-order valence-electron chi connectivity index (χ4n) is 3.90. The number of ketones is 1. The summed E-state index contributed by atoms with van der Waals surface area (Å²) in [5.74, 6) is 3.22. The zero-order chi connectivity index (χ0) is 16.1. The first-order chi connectivity index (χ1) is 10.5. The molecule has 0 N–H and O–H groups in total. The topological polar surface area (TPSA) is 23.6 Å². The number of nitrogens with zero attached hydrogens (tertiary/aromatic N) is 2. The molecular weight excluding hydrogens is 272 g/mol. The summed E-state index contributed by atoms with van der Waals surface area (Å²) in [6, 6.07) is 0. The predicted octanol–water partition coefficient (Wildman–Crippen LogP) is 3.29. The molecule has 22 heavy (non-hydrogen) atoms. The van der Waals surface area contributed by atoms with Gasteiger partial charge >= 0.3 is 0 Å². The predicted molar refractivity (Wildman–Crippen MR) is 93.0 cm³/mol. The highest BCUT2D eigenvalue weighted by Gasteiger charge is 2.26. The second-order valence-electron chi connectivity index (χ2n) is 8.22. The van der Waals surface area contributed by atoms with Crippen molar-refractivity contribution in [2.24, 2.45) is 23.7 Å². The lowest BCUT2D eigenvalue weighted by molar-refractivity contribution is -0.123. The van der Waals surface area contributed by atoms with Gasteiger partial charge in [-0.3, -0.25) is 9.69 Å². The molecule has 0 unspecified atom stereocenters. The molecule has 2 aliphatic heterocycles. The molecule has 0 aromatic carbocycles. The van der Waals surface area contributed by atoms with Gasteiger partial charge in [0.2, 0.25) is 0 Å². The van der Waals surface area contributed by atoms with E-state index in [2.05, 4.69) is 23.6 Å². The smallest absolute Gasteiger partial charge is 0.149 e. The molecule has 3 nitrogen and oxygen atoms in total. The third-order valence-corrected chi connectivity index (χ3v) is 5.82. The van der Waals surface area contributed by atoms with Gasteiger partial charge in [0.15, 0.2) is 0 Å². The molecular formula is C19H36N2O. The molecule has 0 aromatic rings. The zero-order valence-electron chi connectivity index (χ0n) is 15.2. The highest BCUT2D eigenvalue weighted by Crippen LogP contribution is 2.26. The van der Waals surface area contributed by atoms with Gasteiger partial charge in [-0.2, -0.15) is 0 Å². The van der Waals surface area contributed by atoms with E-state index in [1.54, 1.807) is 0 Å². The molecule has 0 atom stereocenters. The summed E-state index contributed by atoms with van der Waals surface area (Å²) in [6.07, 6.45) is 5.32. The van der Waals surface area contributed by atoms with Crippen LogP contribution in [0.2, 0.25) is 0 Å². The summed E-state index contributed by atoms with van der Waals surface area (Å²) in [4.78, 5) is 16.9. The Hall–Kier alpha value is -0.410. The first kappa shape index (κ1) is 17.9. The van der Waals surface area contributed by atoms with E-state index in [9.17, 15) is 4.79 Å². The van der Waals surface area contributed by atoms with E-state index in [0.717, 1.165) is 30.8 Å². The van der Waals surface area contributed by atoms with Crippen molar-refractivity contribution < 1.29 is 4.79 Å². The minimum Gasteiger partial charge on any atom is -0.303 e. The minimum absolute atomic E-state index is 0.181. The van der Waals surface area contributed by atoms with E-state index in [4.69, 9.17) is 0 Å². The van der Waals surface area contributed by atoms with Crippen molar-refractivity contribution in [2.45, 2.75) is 53.4 Å². The number of likely N-dealkylation sites (tertiary alicyclic amines) is 2. The van der Waals surface area contributed by atoms with Gasteiger partial charge < -0.3 is 4.90 Å². The summed E-state index contributed by atoms with van der Waals surface area (Å²) >= 11 is 0. The molecule has 2 aliphatic rings. The van der Waals surface area contributed by atoms with Gasteiger partial charge in [0, 0.05) is 12.5 Å². The van der Waals surface area contributed by atoms with Gasteiger partial charge in [-0.1, -0.05) is 27.7 Å². The normalized spacial score (nSPS) is 23.5. The summed E-state index contributed by atoms with van der Waals surface area (Å²) in [7, 11) is 0. The molecule has 2 rings (SSSR count). The Morgan fingerprint density at radius 1 is 0.909 bits per heavy atom. The lowest BCUT2D eigenvalue weighted by Gasteiger charge is -2.38. The number of hydrogen-bond donors (Lipinski definition) is 0. The first-order valence-corrected chi connectivity index (χ1v) is 9.43. The van der Waals surface area contributed by atoms with Crippen molar-refractivity contribution in [3.8, 4) is 0 Å². The van der Waals surface area contributed by atoms with E-state index in [1.165, 1.54) is 45.3 Å². The second-order valence-corrected chi connectivity index (χ2v) is 8.22. The van der Waals surface area contributed by atoms with Gasteiger partial charge in [-0.25, -0.2) is 0 Å². The summed E-state index contributed by atoms with van der Waals surface area (Å²) in [5.41, 5.74) is 0. The van der Waals surface area contributed by atoms with Crippen LogP contribution < -0.4 is 0 Å². The third-order valence-electron chi connectivity index (χ3n) is 5.82. The zero-order valence-corrected chi connectivity index (χ0v) is 15.2. The molecule has 2 heterocycles. The van der Waals surface area contributed by atoms with Gasteiger partial charge in [0.05, 0.1) is 6.54 Å². The van der Waals surface area contributed by atoms with Crippen LogP contribution in [0.3, 0.4) is 0 Å². The average Bonchev–Trinajstić information content (AvgIpc) is 2.49. The molecule has 2 saturated heterocycles. The Kier molecular flexibility index (Phi) is 6.88. The van der Waals surface area contributed by atoms with Gasteiger partial charge in [-0.05, 0) is 69.6 Å². The summed E-state index contributed by atoms with van der Waals surface area (Å²) in [5, 5.41) is 0. The monoisotopic (exact) mass is 308 g/mol. The Morgan fingerprint density at radius 3 is 1.95 bits per heavy atom. The van der Waals surface area contributed by atoms with Crippen molar-refractivity contribution in [1.82, 2.24) is 9.80 Å². The van der Waals surface area contributed by atoms with Crippen LogP contribution in [0.5, 0.6) is 0 Å². The Balaban J connectivity index is 1.65. The fraction of sp³-hybridized carbons (Fsp3) is 0.947. The summed E-state index contributed by atoms with van der Waals surface area (Å²) in [6.45, 7) is 15.6. The van der Waals surface area contributed by atoms with E-state index < -0.39 is 0 Å². The lowest BCUT2D eigenvalue weighted by atomic mass is 9.86. The number of carbonyl (C=O) groups is 1. The number of hydrogen-bond acceptors (Lipinski definition) is 3. The van der Waals surface area contributed by atoms with Crippen LogP contribution in [0, 0.1) is 23.7 Å². The standard InChI is InChI=1S/C19H36N2O/c1-15(2)18-7-11-20(12-8-18)13-17-5-9-21(10-6-17)14-19(22)16(3)4/h15-18H,5-14H2,1-4H3. The van der Waals surface area contributed by atoms with Crippen molar-refractivity contribution in [3.63, 3.8) is 0 Å². The molecule has 3 heteroatoms. The van der Waals surface area contributed by atoms with Crippen molar-refractivity contribution in [3.05, 3.63) is 0 Å². The van der Waals surface area contributed by atoms with E-state index in [0.29, 0.717) is 12.3 Å². The maximum atomic E-state index is 11.8. The number of Topliss-reactive ketones (excluding diaryl/α,β-unsaturated/α-hetero) is 1. The van der Waals surface area contributed by atoms with Crippen LogP contribution >= 0.6 is 0 Å². The molecule has 0 spiro atoms.